The van der Waals surface area contributed by atoms with Gasteiger partial charge in [0.15, 0.2) is 0 Å². The molecule has 0 aromatic heterocycles. The van der Waals surface area contributed by atoms with E-state index in [0.717, 1.165) is 6.29 Å². The molecule has 0 spiro atoms. The van der Waals surface area contributed by atoms with Crippen LogP contribution in [-0.2, 0) is 0 Å². The molecule has 2 N–H and O–H groups in total. The topological polar surface area (TPSA) is 43.1 Å². The van der Waals surface area contributed by atoms with E-state index >= 15 is 0 Å². The standard InChI is InChI=1S/C10H8ClNO/c11-10-5-8(2-1-3-12)4-9(6-10)7-13/h4-7H,3,12H2. The zero-order valence-corrected chi connectivity index (χ0v) is 7.64. The normalized spacial score (nSPS) is 8.77. The van der Waals surface area contributed by atoms with Crippen LogP contribution in [0.4, 0.5) is 0 Å². The minimum absolute atomic E-state index is 0.295. The second kappa shape index (κ2) is 4.66. The van der Waals surface area contributed by atoms with E-state index < -0.39 is 0 Å². The van der Waals surface area contributed by atoms with Crippen molar-refractivity contribution >= 4 is 17.9 Å². The van der Waals surface area contributed by atoms with Gasteiger partial charge in [0.05, 0.1) is 6.54 Å². The summed E-state index contributed by atoms with van der Waals surface area (Å²) < 4.78 is 0. The molecule has 66 valence electrons. The molecule has 1 aromatic carbocycles. The Kier molecular flexibility index (Phi) is 3.51. The second-order valence-electron chi connectivity index (χ2n) is 2.40. The number of nitrogens with two attached hydrogens (primary N) is 1. The number of halogens is 1. The number of hydrogen-bond donors (Lipinski definition) is 1. The van der Waals surface area contributed by atoms with Gasteiger partial charge in [-0.3, -0.25) is 4.79 Å². The smallest absolute Gasteiger partial charge is 0.150 e. The fourth-order valence-corrected chi connectivity index (χ4v) is 1.15. The Hall–Kier alpha value is -1.30. The van der Waals surface area contributed by atoms with Crippen molar-refractivity contribution in [2.75, 3.05) is 6.54 Å². The molecule has 0 bridgehead atoms. The third kappa shape index (κ3) is 2.90. The average Bonchev–Trinajstić information content (AvgIpc) is 2.14. The molecule has 0 aliphatic heterocycles. The van der Waals surface area contributed by atoms with E-state index in [0.29, 0.717) is 22.7 Å². The highest BCUT2D eigenvalue weighted by molar-refractivity contribution is 6.31. The van der Waals surface area contributed by atoms with Crippen molar-refractivity contribution in [2.24, 2.45) is 5.73 Å². The van der Waals surface area contributed by atoms with Gasteiger partial charge in [-0.15, -0.1) is 0 Å². The van der Waals surface area contributed by atoms with Gasteiger partial charge in [-0.25, -0.2) is 0 Å². The van der Waals surface area contributed by atoms with Crippen LogP contribution in [0.2, 0.25) is 5.02 Å². The van der Waals surface area contributed by atoms with Gasteiger partial charge in [-0.2, -0.15) is 0 Å². The molecule has 2 nitrogen and oxygen atoms in total. The molecule has 13 heavy (non-hydrogen) atoms. The molecule has 1 rings (SSSR count). The summed E-state index contributed by atoms with van der Waals surface area (Å²) in [6.45, 7) is 0.295. The molecule has 0 radical (unpaired) electrons. The highest BCUT2D eigenvalue weighted by Gasteiger charge is 1.95. The van der Waals surface area contributed by atoms with Gasteiger partial charge in [0.2, 0.25) is 0 Å². The fraction of sp³-hybridized carbons (Fsp3) is 0.100. The predicted octanol–water partition coefficient (Wildman–Crippen LogP) is 1.46. The molecule has 0 fully saturated rings. The summed E-state index contributed by atoms with van der Waals surface area (Å²) in [5, 5.41) is 0.505. The Morgan fingerprint density at radius 3 is 2.85 bits per heavy atom. The predicted molar refractivity (Wildman–Crippen MR) is 52.8 cm³/mol. The van der Waals surface area contributed by atoms with E-state index in [9.17, 15) is 4.79 Å². The van der Waals surface area contributed by atoms with Gasteiger partial charge in [0.1, 0.15) is 6.29 Å². The summed E-state index contributed by atoms with van der Waals surface area (Å²) in [7, 11) is 0. The molecule has 0 aliphatic rings. The third-order valence-electron chi connectivity index (χ3n) is 1.39. The summed E-state index contributed by atoms with van der Waals surface area (Å²) in [4.78, 5) is 10.5. The molecule has 0 atom stereocenters. The SMILES string of the molecule is NCC#Cc1cc(Cl)cc(C=O)c1. The number of hydrogen-bond acceptors (Lipinski definition) is 2. The molecule has 0 heterocycles. The van der Waals surface area contributed by atoms with E-state index in [2.05, 4.69) is 11.8 Å². The van der Waals surface area contributed by atoms with Crippen molar-refractivity contribution in [1.29, 1.82) is 0 Å². The van der Waals surface area contributed by atoms with Crippen LogP contribution < -0.4 is 5.73 Å². The van der Waals surface area contributed by atoms with Gasteiger partial charge >= 0.3 is 0 Å². The zero-order valence-electron chi connectivity index (χ0n) is 6.88. The van der Waals surface area contributed by atoms with E-state index in [4.69, 9.17) is 17.3 Å². The molecule has 0 unspecified atom stereocenters. The monoisotopic (exact) mass is 193 g/mol. The maximum atomic E-state index is 10.5. The second-order valence-corrected chi connectivity index (χ2v) is 2.83. The Morgan fingerprint density at radius 2 is 2.23 bits per heavy atom. The number of aldehydes is 1. The largest absolute Gasteiger partial charge is 0.320 e. The van der Waals surface area contributed by atoms with Crippen LogP contribution in [-0.4, -0.2) is 12.8 Å². The van der Waals surface area contributed by atoms with Crippen molar-refractivity contribution in [3.8, 4) is 11.8 Å². The molecular formula is C10H8ClNO. The van der Waals surface area contributed by atoms with Gasteiger partial charge in [-0.05, 0) is 18.2 Å². The van der Waals surface area contributed by atoms with Crippen molar-refractivity contribution in [3.05, 3.63) is 34.3 Å². The summed E-state index contributed by atoms with van der Waals surface area (Å²) in [5.74, 6) is 5.49. The molecule has 1 aromatic rings. The third-order valence-corrected chi connectivity index (χ3v) is 1.61. The Morgan fingerprint density at radius 1 is 1.46 bits per heavy atom. The highest BCUT2D eigenvalue weighted by atomic mass is 35.5. The summed E-state index contributed by atoms with van der Waals surface area (Å²) in [5.41, 5.74) is 6.44. The molecule has 0 saturated carbocycles. The van der Waals surface area contributed by atoms with Gasteiger partial charge in [0.25, 0.3) is 0 Å². The highest BCUT2D eigenvalue weighted by Crippen LogP contribution is 2.12. The van der Waals surface area contributed by atoms with Gasteiger partial charge in [0, 0.05) is 16.1 Å². The Bertz CT molecular complexity index is 376. The van der Waals surface area contributed by atoms with E-state index in [-0.39, 0.29) is 0 Å². The summed E-state index contributed by atoms with van der Waals surface area (Å²) >= 11 is 5.75. The quantitative estimate of drug-likeness (QED) is 0.542. The lowest BCUT2D eigenvalue weighted by Crippen LogP contribution is -1.93. The first-order chi connectivity index (χ1) is 6.26. The van der Waals surface area contributed by atoms with Crippen LogP contribution in [0.1, 0.15) is 15.9 Å². The number of carbonyl (C=O) groups is 1. The molecular weight excluding hydrogens is 186 g/mol. The zero-order chi connectivity index (χ0) is 9.68. The first kappa shape index (κ1) is 9.79. The maximum absolute atomic E-state index is 10.5. The first-order valence-electron chi connectivity index (χ1n) is 3.71. The van der Waals surface area contributed by atoms with Crippen molar-refractivity contribution in [3.63, 3.8) is 0 Å². The van der Waals surface area contributed by atoms with Crippen LogP contribution in [0.25, 0.3) is 0 Å². The van der Waals surface area contributed by atoms with Crippen molar-refractivity contribution < 1.29 is 4.79 Å². The summed E-state index contributed by atoms with van der Waals surface area (Å²) in [6.07, 6.45) is 0.736. The number of carbonyl (C=O) groups excluding carboxylic acids is 1. The molecule has 3 heteroatoms. The lowest BCUT2D eigenvalue weighted by Gasteiger charge is -1.94. The molecule has 0 aliphatic carbocycles. The van der Waals surface area contributed by atoms with Crippen molar-refractivity contribution in [1.82, 2.24) is 0 Å². The molecule has 0 saturated heterocycles. The van der Waals surface area contributed by atoms with Crippen LogP contribution in [0.15, 0.2) is 18.2 Å². The van der Waals surface area contributed by atoms with E-state index in [1.165, 1.54) is 0 Å². The van der Waals surface area contributed by atoms with Crippen LogP contribution in [0, 0.1) is 11.8 Å². The van der Waals surface area contributed by atoms with Crippen molar-refractivity contribution in [2.45, 2.75) is 0 Å². The number of benzene rings is 1. The first-order valence-corrected chi connectivity index (χ1v) is 4.09. The van der Waals surface area contributed by atoms with E-state index in [1.807, 2.05) is 0 Å². The molecule has 0 amide bonds. The number of rotatable bonds is 1. The lowest BCUT2D eigenvalue weighted by molar-refractivity contribution is 0.112. The van der Waals surface area contributed by atoms with E-state index in [1.54, 1.807) is 18.2 Å². The van der Waals surface area contributed by atoms with Crippen LogP contribution >= 0.6 is 11.6 Å². The lowest BCUT2D eigenvalue weighted by atomic mass is 10.1. The maximum Gasteiger partial charge on any atom is 0.150 e. The average molecular weight is 194 g/mol. The Balaban J connectivity index is 3.08. The van der Waals surface area contributed by atoms with Crippen LogP contribution in [0.3, 0.4) is 0 Å². The fourth-order valence-electron chi connectivity index (χ4n) is 0.906. The minimum Gasteiger partial charge on any atom is -0.320 e. The summed E-state index contributed by atoms with van der Waals surface area (Å²) in [6, 6.07) is 4.95. The van der Waals surface area contributed by atoms with Gasteiger partial charge < -0.3 is 5.73 Å². The van der Waals surface area contributed by atoms with Gasteiger partial charge in [-0.1, -0.05) is 23.4 Å². The minimum atomic E-state index is 0.295. The van der Waals surface area contributed by atoms with Crippen LogP contribution in [0.5, 0.6) is 0 Å². The Labute approximate surface area is 81.7 Å².